The molecule has 0 fully saturated rings. The standard InChI is InChI=1S/C15H28O3/c1-3-11-14(16)12-9-7-5-4-6-8-10-13-15(17)18-2/h10,13-14,16H,3-9,11-12H2,1-2H3. The molecular weight excluding hydrogens is 228 g/mol. The van der Waals surface area contributed by atoms with E-state index in [-0.39, 0.29) is 12.1 Å². The summed E-state index contributed by atoms with van der Waals surface area (Å²) < 4.78 is 4.50. The maximum atomic E-state index is 10.8. The lowest BCUT2D eigenvalue weighted by Gasteiger charge is -2.08. The molecule has 0 aliphatic carbocycles. The number of aliphatic hydroxyl groups excluding tert-OH is 1. The van der Waals surface area contributed by atoms with Crippen LogP contribution in [0, 0.1) is 0 Å². The lowest BCUT2D eigenvalue weighted by atomic mass is 10.0. The molecule has 106 valence electrons. The van der Waals surface area contributed by atoms with Gasteiger partial charge < -0.3 is 9.84 Å². The van der Waals surface area contributed by atoms with Crippen LogP contribution in [0.2, 0.25) is 0 Å². The van der Waals surface area contributed by atoms with E-state index >= 15 is 0 Å². The minimum absolute atomic E-state index is 0.0991. The number of ether oxygens (including phenoxy) is 1. The topological polar surface area (TPSA) is 46.5 Å². The first-order valence-electron chi connectivity index (χ1n) is 7.13. The summed E-state index contributed by atoms with van der Waals surface area (Å²) in [6, 6.07) is 0. The molecule has 0 aromatic heterocycles. The Morgan fingerprint density at radius 3 is 2.50 bits per heavy atom. The molecule has 1 unspecified atom stereocenters. The van der Waals surface area contributed by atoms with Crippen LogP contribution < -0.4 is 0 Å². The highest BCUT2D eigenvalue weighted by atomic mass is 16.5. The number of unbranched alkanes of at least 4 members (excludes halogenated alkanes) is 5. The van der Waals surface area contributed by atoms with Crippen molar-refractivity contribution in [2.75, 3.05) is 7.11 Å². The molecule has 0 rings (SSSR count). The quantitative estimate of drug-likeness (QED) is 0.349. The summed E-state index contributed by atoms with van der Waals surface area (Å²) in [5.41, 5.74) is 0. The number of allylic oxidation sites excluding steroid dienone is 1. The van der Waals surface area contributed by atoms with Crippen molar-refractivity contribution in [3.63, 3.8) is 0 Å². The predicted octanol–water partition coefficient (Wildman–Crippen LogP) is 3.61. The number of hydrogen-bond acceptors (Lipinski definition) is 3. The van der Waals surface area contributed by atoms with E-state index in [0.29, 0.717) is 0 Å². The molecular formula is C15H28O3. The second kappa shape index (κ2) is 12.6. The second-order valence-electron chi connectivity index (χ2n) is 4.71. The number of carbonyl (C=O) groups excluding carboxylic acids is 1. The number of methoxy groups -OCH3 is 1. The normalized spacial score (nSPS) is 12.8. The van der Waals surface area contributed by atoms with Crippen LogP contribution in [-0.4, -0.2) is 24.3 Å². The van der Waals surface area contributed by atoms with Gasteiger partial charge in [0, 0.05) is 6.08 Å². The maximum Gasteiger partial charge on any atom is 0.330 e. The van der Waals surface area contributed by atoms with Crippen LogP contribution in [0.5, 0.6) is 0 Å². The predicted molar refractivity (Wildman–Crippen MR) is 74.4 cm³/mol. The fourth-order valence-electron chi connectivity index (χ4n) is 1.90. The van der Waals surface area contributed by atoms with Gasteiger partial charge in [0.2, 0.25) is 0 Å². The van der Waals surface area contributed by atoms with Crippen molar-refractivity contribution in [3.8, 4) is 0 Å². The van der Waals surface area contributed by atoms with Gasteiger partial charge in [0.15, 0.2) is 0 Å². The largest absolute Gasteiger partial charge is 0.466 e. The Kier molecular flexibility index (Phi) is 12.0. The van der Waals surface area contributed by atoms with Crippen molar-refractivity contribution in [2.45, 2.75) is 70.8 Å². The molecule has 1 atom stereocenters. The van der Waals surface area contributed by atoms with Gasteiger partial charge in [0.05, 0.1) is 13.2 Å². The minimum atomic E-state index is -0.278. The Morgan fingerprint density at radius 1 is 1.17 bits per heavy atom. The molecule has 0 aromatic carbocycles. The molecule has 0 bridgehead atoms. The van der Waals surface area contributed by atoms with Crippen LogP contribution in [0.4, 0.5) is 0 Å². The van der Waals surface area contributed by atoms with Gasteiger partial charge in [-0.2, -0.15) is 0 Å². The third kappa shape index (κ3) is 11.6. The molecule has 0 saturated heterocycles. The monoisotopic (exact) mass is 256 g/mol. The van der Waals surface area contributed by atoms with E-state index in [4.69, 9.17) is 0 Å². The van der Waals surface area contributed by atoms with E-state index in [1.54, 1.807) is 0 Å². The molecule has 0 radical (unpaired) electrons. The summed E-state index contributed by atoms with van der Waals surface area (Å²) in [7, 11) is 1.39. The average Bonchev–Trinajstić information content (AvgIpc) is 2.36. The SMILES string of the molecule is CCCC(O)CCCCCCCC=CC(=O)OC. The third-order valence-corrected chi connectivity index (χ3v) is 2.99. The van der Waals surface area contributed by atoms with Crippen molar-refractivity contribution >= 4 is 5.97 Å². The van der Waals surface area contributed by atoms with Crippen molar-refractivity contribution in [2.24, 2.45) is 0 Å². The van der Waals surface area contributed by atoms with Crippen LogP contribution in [0.1, 0.15) is 64.7 Å². The smallest absolute Gasteiger partial charge is 0.330 e. The number of carbonyl (C=O) groups is 1. The summed E-state index contributed by atoms with van der Waals surface area (Å²) in [4.78, 5) is 10.8. The molecule has 1 N–H and O–H groups in total. The van der Waals surface area contributed by atoms with Gasteiger partial charge in [-0.05, 0) is 25.7 Å². The molecule has 0 aromatic rings. The van der Waals surface area contributed by atoms with E-state index in [9.17, 15) is 9.90 Å². The highest BCUT2D eigenvalue weighted by molar-refractivity contribution is 5.81. The minimum Gasteiger partial charge on any atom is -0.466 e. The Bertz CT molecular complexity index is 224. The fraction of sp³-hybridized carbons (Fsp3) is 0.800. The van der Waals surface area contributed by atoms with E-state index in [1.165, 1.54) is 32.4 Å². The lowest BCUT2D eigenvalue weighted by Crippen LogP contribution is -2.04. The van der Waals surface area contributed by atoms with E-state index < -0.39 is 0 Å². The van der Waals surface area contributed by atoms with Crippen molar-refractivity contribution in [3.05, 3.63) is 12.2 Å². The zero-order valence-electron chi connectivity index (χ0n) is 11.9. The van der Waals surface area contributed by atoms with Crippen molar-refractivity contribution in [1.82, 2.24) is 0 Å². The number of aliphatic hydroxyl groups is 1. The number of rotatable bonds is 11. The van der Waals surface area contributed by atoms with Gasteiger partial charge in [-0.15, -0.1) is 0 Å². The maximum absolute atomic E-state index is 10.8. The first-order valence-corrected chi connectivity index (χ1v) is 7.13. The fourth-order valence-corrected chi connectivity index (χ4v) is 1.90. The van der Waals surface area contributed by atoms with Crippen molar-refractivity contribution < 1.29 is 14.6 Å². The Labute approximate surface area is 111 Å². The molecule has 0 saturated carbocycles. The average molecular weight is 256 g/mol. The summed E-state index contributed by atoms with van der Waals surface area (Å²) in [5, 5.41) is 9.54. The summed E-state index contributed by atoms with van der Waals surface area (Å²) >= 11 is 0. The first-order chi connectivity index (χ1) is 8.70. The first kappa shape index (κ1) is 17.2. The Hall–Kier alpha value is -0.830. The van der Waals surface area contributed by atoms with E-state index in [2.05, 4.69) is 11.7 Å². The van der Waals surface area contributed by atoms with Gasteiger partial charge >= 0.3 is 5.97 Å². The van der Waals surface area contributed by atoms with Crippen LogP contribution in [0.25, 0.3) is 0 Å². The van der Waals surface area contributed by atoms with Crippen LogP contribution in [0.15, 0.2) is 12.2 Å². The number of esters is 1. The summed E-state index contributed by atoms with van der Waals surface area (Å²) in [5.74, 6) is -0.278. The van der Waals surface area contributed by atoms with E-state index in [1.807, 2.05) is 6.08 Å². The molecule has 0 aliphatic rings. The molecule has 3 heteroatoms. The highest BCUT2D eigenvalue weighted by Crippen LogP contribution is 2.11. The van der Waals surface area contributed by atoms with Gasteiger partial charge in [-0.25, -0.2) is 4.79 Å². The zero-order chi connectivity index (χ0) is 13.6. The van der Waals surface area contributed by atoms with Gasteiger partial charge in [-0.1, -0.05) is 45.1 Å². The van der Waals surface area contributed by atoms with Gasteiger partial charge in [0.1, 0.15) is 0 Å². The summed E-state index contributed by atoms with van der Waals surface area (Å²) in [6.45, 7) is 2.10. The van der Waals surface area contributed by atoms with Gasteiger partial charge in [0.25, 0.3) is 0 Å². The Balaban J connectivity index is 3.21. The van der Waals surface area contributed by atoms with Gasteiger partial charge in [-0.3, -0.25) is 0 Å². The molecule has 0 spiro atoms. The lowest BCUT2D eigenvalue weighted by molar-refractivity contribution is -0.134. The molecule has 18 heavy (non-hydrogen) atoms. The molecule has 0 heterocycles. The van der Waals surface area contributed by atoms with E-state index in [0.717, 1.165) is 38.5 Å². The van der Waals surface area contributed by atoms with Crippen LogP contribution in [0.3, 0.4) is 0 Å². The highest BCUT2D eigenvalue weighted by Gasteiger charge is 2.01. The Morgan fingerprint density at radius 2 is 1.83 bits per heavy atom. The zero-order valence-corrected chi connectivity index (χ0v) is 11.9. The van der Waals surface area contributed by atoms with Crippen LogP contribution in [-0.2, 0) is 9.53 Å². The molecule has 0 aliphatic heterocycles. The molecule has 3 nitrogen and oxygen atoms in total. The van der Waals surface area contributed by atoms with Crippen LogP contribution >= 0.6 is 0 Å². The summed E-state index contributed by atoms with van der Waals surface area (Å²) in [6.07, 6.45) is 13.0. The van der Waals surface area contributed by atoms with Crippen molar-refractivity contribution in [1.29, 1.82) is 0 Å². The third-order valence-electron chi connectivity index (χ3n) is 2.99. The molecule has 0 amide bonds. The number of hydrogen-bond donors (Lipinski definition) is 1. The second-order valence-corrected chi connectivity index (χ2v) is 4.71.